The molecule has 0 saturated heterocycles. The van der Waals surface area contributed by atoms with E-state index < -0.39 is 17.2 Å². The van der Waals surface area contributed by atoms with Crippen molar-refractivity contribution in [3.8, 4) is 17.2 Å². The second-order valence-electron chi connectivity index (χ2n) is 6.44. The molecule has 31 heavy (non-hydrogen) atoms. The smallest absolute Gasteiger partial charge is 0.352 e. The standard InChI is InChI=1S/C20H18N6O5/c1-2-25-19(28)15(23-26(20(25)29)13-7-4-3-5-8-13)16-22-18(31-24-16)17(27)21-11-10-14-9-6-12-30-14/h3-9,12H,2,10-11H2,1H3,(H,21,27). The lowest BCUT2D eigenvalue weighted by Gasteiger charge is -2.09. The summed E-state index contributed by atoms with van der Waals surface area (Å²) in [5.74, 6) is -0.388. The molecule has 0 spiro atoms. The Morgan fingerprint density at radius 3 is 2.65 bits per heavy atom. The maximum Gasteiger partial charge on any atom is 0.352 e. The summed E-state index contributed by atoms with van der Waals surface area (Å²) in [6.45, 7) is 2.08. The van der Waals surface area contributed by atoms with E-state index in [4.69, 9.17) is 8.94 Å². The normalized spacial score (nSPS) is 10.9. The first-order valence-corrected chi connectivity index (χ1v) is 9.52. The van der Waals surface area contributed by atoms with Crippen LogP contribution in [-0.2, 0) is 13.0 Å². The number of carbonyl (C=O) groups is 1. The van der Waals surface area contributed by atoms with Crippen LogP contribution >= 0.6 is 0 Å². The SMILES string of the molecule is CCn1c(=O)c(-c2noc(C(=O)NCCc3ccco3)n2)nn(-c2ccccc2)c1=O. The number of hydrogen-bond acceptors (Lipinski definition) is 8. The monoisotopic (exact) mass is 422 g/mol. The van der Waals surface area contributed by atoms with Crippen molar-refractivity contribution in [1.29, 1.82) is 0 Å². The molecular weight excluding hydrogens is 404 g/mol. The molecule has 3 aromatic heterocycles. The molecule has 158 valence electrons. The van der Waals surface area contributed by atoms with Crippen LogP contribution in [0.3, 0.4) is 0 Å². The summed E-state index contributed by atoms with van der Waals surface area (Å²) in [6, 6.07) is 12.2. The molecule has 4 rings (SSSR count). The maximum atomic E-state index is 12.7. The summed E-state index contributed by atoms with van der Waals surface area (Å²) < 4.78 is 12.3. The van der Waals surface area contributed by atoms with Gasteiger partial charge in [-0.3, -0.25) is 14.2 Å². The van der Waals surface area contributed by atoms with Crippen molar-refractivity contribution in [2.24, 2.45) is 0 Å². The second kappa shape index (κ2) is 8.61. The van der Waals surface area contributed by atoms with E-state index in [0.29, 0.717) is 18.7 Å². The summed E-state index contributed by atoms with van der Waals surface area (Å²) in [4.78, 5) is 41.7. The summed E-state index contributed by atoms with van der Waals surface area (Å²) in [6.07, 6.45) is 2.04. The first kappa shape index (κ1) is 20.0. The zero-order valence-electron chi connectivity index (χ0n) is 16.5. The number of aromatic nitrogens is 5. The van der Waals surface area contributed by atoms with E-state index in [2.05, 4.69) is 20.6 Å². The van der Waals surface area contributed by atoms with Crippen molar-refractivity contribution in [2.45, 2.75) is 19.9 Å². The summed E-state index contributed by atoms with van der Waals surface area (Å²) >= 11 is 0. The quantitative estimate of drug-likeness (QED) is 0.466. The van der Waals surface area contributed by atoms with Gasteiger partial charge in [0.15, 0.2) is 5.69 Å². The molecule has 0 saturated carbocycles. The number of nitrogens with zero attached hydrogens (tertiary/aromatic N) is 5. The van der Waals surface area contributed by atoms with Crippen LogP contribution in [0.2, 0.25) is 0 Å². The lowest BCUT2D eigenvalue weighted by molar-refractivity contribution is 0.0910. The minimum absolute atomic E-state index is 0.123. The van der Waals surface area contributed by atoms with Gasteiger partial charge in [0.05, 0.1) is 12.0 Å². The highest BCUT2D eigenvalue weighted by Crippen LogP contribution is 2.10. The third kappa shape index (κ3) is 4.06. The van der Waals surface area contributed by atoms with Gasteiger partial charge in [-0.1, -0.05) is 23.4 Å². The van der Waals surface area contributed by atoms with Gasteiger partial charge >= 0.3 is 17.5 Å². The molecule has 4 aromatic rings. The van der Waals surface area contributed by atoms with E-state index in [0.717, 1.165) is 15.0 Å². The van der Waals surface area contributed by atoms with Crippen molar-refractivity contribution in [1.82, 2.24) is 29.8 Å². The van der Waals surface area contributed by atoms with Crippen LogP contribution in [0, 0.1) is 0 Å². The molecule has 0 fully saturated rings. The molecule has 1 amide bonds. The molecular formula is C20H18N6O5. The van der Waals surface area contributed by atoms with Crippen LogP contribution < -0.4 is 16.6 Å². The van der Waals surface area contributed by atoms with Crippen molar-refractivity contribution in [3.05, 3.63) is 81.2 Å². The Balaban J connectivity index is 1.62. The zero-order valence-corrected chi connectivity index (χ0v) is 16.5. The fraction of sp³-hybridized carbons (Fsp3) is 0.200. The highest BCUT2D eigenvalue weighted by Gasteiger charge is 2.22. The predicted octanol–water partition coefficient (Wildman–Crippen LogP) is 1.03. The van der Waals surface area contributed by atoms with E-state index in [1.165, 1.54) is 0 Å². The van der Waals surface area contributed by atoms with Gasteiger partial charge in [-0.15, -0.1) is 0 Å². The molecule has 11 heteroatoms. The van der Waals surface area contributed by atoms with Crippen molar-refractivity contribution in [2.75, 3.05) is 6.54 Å². The van der Waals surface area contributed by atoms with E-state index in [9.17, 15) is 14.4 Å². The zero-order chi connectivity index (χ0) is 21.8. The molecule has 0 bridgehead atoms. The number of amides is 1. The number of rotatable bonds is 7. The third-order valence-corrected chi connectivity index (χ3v) is 4.45. The number of carbonyl (C=O) groups excluding carboxylic acids is 1. The highest BCUT2D eigenvalue weighted by atomic mass is 16.5. The van der Waals surface area contributed by atoms with Crippen LogP contribution in [-0.4, -0.2) is 36.9 Å². The van der Waals surface area contributed by atoms with Gasteiger partial charge in [0.1, 0.15) is 5.76 Å². The Morgan fingerprint density at radius 1 is 1.13 bits per heavy atom. The van der Waals surface area contributed by atoms with Crippen LogP contribution in [0.25, 0.3) is 17.2 Å². The molecule has 11 nitrogen and oxygen atoms in total. The number of benzene rings is 1. The summed E-state index contributed by atoms with van der Waals surface area (Å²) in [7, 11) is 0. The second-order valence-corrected chi connectivity index (χ2v) is 6.44. The molecule has 0 aliphatic carbocycles. The van der Waals surface area contributed by atoms with E-state index in [1.807, 2.05) is 0 Å². The average Bonchev–Trinajstić information content (AvgIpc) is 3.47. The first-order chi connectivity index (χ1) is 15.1. The van der Waals surface area contributed by atoms with Gasteiger partial charge in [-0.25, -0.2) is 4.79 Å². The fourth-order valence-corrected chi connectivity index (χ4v) is 2.91. The molecule has 0 atom stereocenters. The van der Waals surface area contributed by atoms with Gasteiger partial charge in [0, 0.05) is 19.5 Å². The van der Waals surface area contributed by atoms with Crippen LogP contribution in [0.4, 0.5) is 0 Å². The van der Waals surface area contributed by atoms with Gasteiger partial charge in [-0.05, 0) is 31.2 Å². The largest absolute Gasteiger partial charge is 0.469 e. The van der Waals surface area contributed by atoms with E-state index in [-0.39, 0.29) is 24.0 Å². The lowest BCUT2D eigenvalue weighted by atomic mass is 10.3. The maximum absolute atomic E-state index is 12.7. The number of furan rings is 1. The summed E-state index contributed by atoms with van der Waals surface area (Å²) in [5, 5.41) is 10.5. The highest BCUT2D eigenvalue weighted by molar-refractivity contribution is 5.89. The molecule has 0 aliphatic heterocycles. The number of para-hydroxylation sites is 1. The van der Waals surface area contributed by atoms with Gasteiger partial charge in [-0.2, -0.15) is 14.8 Å². The number of nitrogens with one attached hydrogen (secondary N) is 1. The third-order valence-electron chi connectivity index (χ3n) is 4.45. The van der Waals surface area contributed by atoms with Crippen molar-refractivity contribution >= 4 is 5.91 Å². The van der Waals surface area contributed by atoms with Crippen molar-refractivity contribution in [3.63, 3.8) is 0 Å². The Kier molecular flexibility index (Phi) is 5.56. The lowest BCUT2D eigenvalue weighted by Crippen LogP contribution is -2.41. The summed E-state index contributed by atoms with van der Waals surface area (Å²) in [5.41, 5.74) is -1.01. The van der Waals surface area contributed by atoms with Gasteiger partial charge in [0.2, 0.25) is 5.82 Å². The predicted molar refractivity (Wildman–Crippen MR) is 108 cm³/mol. The van der Waals surface area contributed by atoms with Crippen molar-refractivity contribution < 1.29 is 13.7 Å². The topological polar surface area (TPSA) is 138 Å². The molecule has 0 unspecified atom stereocenters. The van der Waals surface area contributed by atoms with Crippen LogP contribution in [0.15, 0.2) is 67.3 Å². The Hall–Kier alpha value is -4.28. The Morgan fingerprint density at radius 2 is 1.94 bits per heavy atom. The van der Waals surface area contributed by atoms with Gasteiger partial charge in [0.25, 0.3) is 5.56 Å². The Bertz CT molecular complexity index is 1300. The minimum atomic E-state index is -0.676. The molecule has 0 radical (unpaired) electrons. The fourth-order valence-electron chi connectivity index (χ4n) is 2.91. The Labute approximate surface area is 174 Å². The first-order valence-electron chi connectivity index (χ1n) is 9.52. The van der Waals surface area contributed by atoms with Gasteiger partial charge < -0.3 is 14.3 Å². The van der Waals surface area contributed by atoms with E-state index >= 15 is 0 Å². The van der Waals surface area contributed by atoms with Crippen LogP contribution in [0.5, 0.6) is 0 Å². The molecule has 1 aromatic carbocycles. The molecule has 3 heterocycles. The minimum Gasteiger partial charge on any atom is -0.469 e. The average molecular weight is 422 g/mol. The number of hydrogen-bond donors (Lipinski definition) is 1. The van der Waals surface area contributed by atoms with Crippen LogP contribution in [0.1, 0.15) is 23.4 Å². The van der Waals surface area contributed by atoms with E-state index in [1.54, 1.807) is 55.7 Å². The molecule has 0 aliphatic rings. The molecule has 1 N–H and O–H groups in total.